The van der Waals surface area contributed by atoms with Crippen molar-refractivity contribution in [2.75, 3.05) is 26.2 Å². The monoisotopic (exact) mass is 265 g/mol. The maximum Gasteiger partial charge on any atom is 0.196 e. The Bertz CT molecular complexity index is 415. The van der Waals surface area contributed by atoms with Crippen molar-refractivity contribution < 1.29 is 9.53 Å². The number of Topliss-reactive ketones (excluding diaryl/α,β-unsaturated/α-hetero) is 1. The van der Waals surface area contributed by atoms with Crippen molar-refractivity contribution in [2.45, 2.75) is 39.3 Å². The standard InChI is InChI=1S/C14H23N3O2/c1-3-5-16-7-8-19-13(11-16)14(18)12-9-15-17(10-12)6-4-2/h9-10,13H,3-8,11H2,1-2H3. The van der Waals surface area contributed by atoms with Crippen molar-refractivity contribution in [1.82, 2.24) is 14.7 Å². The summed E-state index contributed by atoms with van der Waals surface area (Å²) < 4.78 is 7.43. The van der Waals surface area contributed by atoms with Crippen LogP contribution in [0.25, 0.3) is 0 Å². The molecule has 1 atom stereocenters. The highest BCUT2D eigenvalue weighted by atomic mass is 16.5. The largest absolute Gasteiger partial charge is 0.367 e. The zero-order valence-electron chi connectivity index (χ0n) is 11.8. The number of nitrogens with zero attached hydrogens (tertiary/aromatic N) is 3. The minimum absolute atomic E-state index is 0.0585. The van der Waals surface area contributed by atoms with Crippen LogP contribution in [0.15, 0.2) is 12.4 Å². The number of morpholine rings is 1. The van der Waals surface area contributed by atoms with E-state index in [-0.39, 0.29) is 11.9 Å². The second-order valence-corrected chi connectivity index (χ2v) is 5.02. The van der Waals surface area contributed by atoms with Crippen molar-refractivity contribution in [3.05, 3.63) is 18.0 Å². The van der Waals surface area contributed by atoms with E-state index < -0.39 is 0 Å². The Labute approximate surface area is 114 Å². The predicted molar refractivity (Wildman–Crippen MR) is 73.3 cm³/mol. The highest BCUT2D eigenvalue weighted by molar-refractivity contribution is 5.99. The number of hydrogen-bond acceptors (Lipinski definition) is 4. The lowest BCUT2D eigenvalue weighted by molar-refractivity contribution is -0.0163. The SMILES string of the molecule is CCCN1CCOC(C(=O)c2cnn(CCC)c2)C1. The van der Waals surface area contributed by atoms with Gasteiger partial charge in [-0.2, -0.15) is 5.10 Å². The van der Waals surface area contributed by atoms with Gasteiger partial charge < -0.3 is 4.74 Å². The fourth-order valence-electron chi connectivity index (χ4n) is 2.41. The lowest BCUT2D eigenvalue weighted by Crippen LogP contribution is -2.46. The summed E-state index contributed by atoms with van der Waals surface area (Å²) in [6.45, 7) is 8.39. The molecule has 0 radical (unpaired) electrons. The molecule has 1 saturated heterocycles. The number of rotatable bonds is 6. The number of carbonyl (C=O) groups excluding carboxylic acids is 1. The summed E-state index contributed by atoms with van der Waals surface area (Å²) in [5, 5.41) is 4.20. The molecule has 2 heterocycles. The predicted octanol–water partition coefficient (Wildman–Crippen LogP) is 1.59. The van der Waals surface area contributed by atoms with Gasteiger partial charge in [-0.05, 0) is 19.4 Å². The van der Waals surface area contributed by atoms with E-state index in [1.54, 1.807) is 6.20 Å². The Morgan fingerprint density at radius 2 is 2.21 bits per heavy atom. The highest BCUT2D eigenvalue weighted by Crippen LogP contribution is 2.12. The van der Waals surface area contributed by atoms with Gasteiger partial charge >= 0.3 is 0 Å². The Balaban J connectivity index is 1.97. The molecule has 1 aliphatic rings. The maximum absolute atomic E-state index is 12.4. The van der Waals surface area contributed by atoms with Gasteiger partial charge in [0.25, 0.3) is 0 Å². The third kappa shape index (κ3) is 3.64. The number of ketones is 1. The van der Waals surface area contributed by atoms with Gasteiger partial charge in [-0.25, -0.2) is 0 Å². The van der Waals surface area contributed by atoms with E-state index in [2.05, 4.69) is 23.8 Å². The van der Waals surface area contributed by atoms with Gasteiger partial charge in [0.1, 0.15) is 6.10 Å². The number of carbonyl (C=O) groups is 1. The van der Waals surface area contributed by atoms with Crippen molar-refractivity contribution in [1.29, 1.82) is 0 Å². The zero-order valence-corrected chi connectivity index (χ0v) is 11.8. The van der Waals surface area contributed by atoms with E-state index in [1.165, 1.54) is 0 Å². The van der Waals surface area contributed by atoms with E-state index in [0.29, 0.717) is 18.7 Å². The molecule has 0 amide bonds. The zero-order chi connectivity index (χ0) is 13.7. The topological polar surface area (TPSA) is 47.4 Å². The normalized spacial score (nSPS) is 20.6. The fraction of sp³-hybridized carbons (Fsp3) is 0.714. The molecule has 106 valence electrons. The van der Waals surface area contributed by atoms with Crippen molar-refractivity contribution in [3.63, 3.8) is 0 Å². The van der Waals surface area contributed by atoms with Crippen molar-refractivity contribution >= 4 is 5.78 Å². The Morgan fingerprint density at radius 1 is 1.42 bits per heavy atom. The van der Waals surface area contributed by atoms with E-state index in [9.17, 15) is 4.79 Å². The summed E-state index contributed by atoms with van der Waals surface area (Å²) in [5.74, 6) is 0.0585. The average Bonchev–Trinajstić information content (AvgIpc) is 2.88. The maximum atomic E-state index is 12.4. The van der Waals surface area contributed by atoms with Gasteiger partial charge in [-0.15, -0.1) is 0 Å². The molecule has 1 aliphatic heterocycles. The van der Waals surface area contributed by atoms with E-state index in [0.717, 1.165) is 32.5 Å². The number of ether oxygens (including phenoxy) is 1. The summed E-state index contributed by atoms with van der Waals surface area (Å²) in [6.07, 6.45) is 5.27. The number of hydrogen-bond donors (Lipinski definition) is 0. The van der Waals surface area contributed by atoms with Gasteiger partial charge in [0, 0.05) is 25.8 Å². The number of aromatic nitrogens is 2. The van der Waals surface area contributed by atoms with Gasteiger partial charge in [0.15, 0.2) is 5.78 Å². The summed E-state index contributed by atoms with van der Waals surface area (Å²) in [6, 6.07) is 0. The molecule has 0 saturated carbocycles. The molecule has 0 N–H and O–H groups in total. The molecule has 0 aliphatic carbocycles. The molecule has 5 heteroatoms. The van der Waals surface area contributed by atoms with E-state index >= 15 is 0 Å². The van der Waals surface area contributed by atoms with E-state index in [1.807, 2.05) is 10.9 Å². The molecule has 2 rings (SSSR count). The second kappa shape index (κ2) is 6.82. The minimum atomic E-state index is -0.334. The van der Waals surface area contributed by atoms with Gasteiger partial charge in [0.2, 0.25) is 0 Å². The van der Waals surface area contributed by atoms with Crippen LogP contribution in [-0.4, -0.2) is 52.8 Å². The second-order valence-electron chi connectivity index (χ2n) is 5.02. The highest BCUT2D eigenvalue weighted by Gasteiger charge is 2.27. The quantitative estimate of drug-likeness (QED) is 0.733. The van der Waals surface area contributed by atoms with Crippen LogP contribution in [0.4, 0.5) is 0 Å². The molecule has 1 aromatic heterocycles. The molecule has 0 spiro atoms. The summed E-state index contributed by atoms with van der Waals surface area (Å²) in [4.78, 5) is 14.7. The molecule has 1 aromatic rings. The first-order valence-corrected chi connectivity index (χ1v) is 7.15. The van der Waals surface area contributed by atoms with Crippen LogP contribution in [0.3, 0.4) is 0 Å². The van der Waals surface area contributed by atoms with Crippen molar-refractivity contribution in [3.8, 4) is 0 Å². The Morgan fingerprint density at radius 3 is 2.95 bits per heavy atom. The van der Waals surface area contributed by atoms with Crippen LogP contribution in [0.5, 0.6) is 0 Å². The average molecular weight is 265 g/mol. The first-order valence-electron chi connectivity index (χ1n) is 7.15. The summed E-state index contributed by atoms with van der Waals surface area (Å²) in [5.41, 5.74) is 0.664. The molecule has 0 bridgehead atoms. The van der Waals surface area contributed by atoms with Crippen LogP contribution in [0, 0.1) is 0 Å². The van der Waals surface area contributed by atoms with Gasteiger partial charge in [0.05, 0.1) is 18.4 Å². The summed E-state index contributed by atoms with van der Waals surface area (Å²) in [7, 11) is 0. The molecular weight excluding hydrogens is 242 g/mol. The lowest BCUT2D eigenvalue weighted by atomic mass is 10.1. The fourth-order valence-corrected chi connectivity index (χ4v) is 2.41. The smallest absolute Gasteiger partial charge is 0.196 e. The first kappa shape index (κ1) is 14.2. The molecule has 1 fully saturated rings. The van der Waals surface area contributed by atoms with Gasteiger partial charge in [-0.1, -0.05) is 13.8 Å². The van der Waals surface area contributed by atoms with Crippen LogP contribution >= 0.6 is 0 Å². The van der Waals surface area contributed by atoms with Crippen LogP contribution < -0.4 is 0 Å². The number of aryl methyl sites for hydroxylation is 1. The Hall–Kier alpha value is -1.20. The lowest BCUT2D eigenvalue weighted by Gasteiger charge is -2.31. The first-order chi connectivity index (χ1) is 9.24. The van der Waals surface area contributed by atoms with Crippen LogP contribution in [0.1, 0.15) is 37.0 Å². The van der Waals surface area contributed by atoms with Crippen molar-refractivity contribution in [2.24, 2.45) is 0 Å². The molecule has 0 aromatic carbocycles. The van der Waals surface area contributed by atoms with Crippen LogP contribution in [0.2, 0.25) is 0 Å². The molecule has 19 heavy (non-hydrogen) atoms. The minimum Gasteiger partial charge on any atom is -0.367 e. The van der Waals surface area contributed by atoms with Crippen LogP contribution in [-0.2, 0) is 11.3 Å². The molecule has 5 nitrogen and oxygen atoms in total. The molecular formula is C14H23N3O2. The third-order valence-corrected chi connectivity index (χ3v) is 3.35. The molecule has 1 unspecified atom stereocenters. The Kier molecular flexibility index (Phi) is 5.10. The van der Waals surface area contributed by atoms with E-state index in [4.69, 9.17) is 4.74 Å². The van der Waals surface area contributed by atoms with Gasteiger partial charge in [-0.3, -0.25) is 14.4 Å². The third-order valence-electron chi connectivity index (χ3n) is 3.35. The summed E-state index contributed by atoms with van der Waals surface area (Å²) >= 11 is 0.